The van der Waals surface area contributed by atoms with Crippen LogP contribution in [0, 0.1) is 28.6 Å². The number of hydrogen-bond acceptors (Lipinski definition) is 4. The Bertz CT molecular complexity index is 696. The number of carbonyl (C=O) groups is 2. The number of hydrogen-bond donors (Lipinski definition) is 1. The van der Waals surface area contributed by atoms with Crippen molar-refractivity contribution in [3.8, 4) is 0 Å². The maximum Gasteiger partial charge on any atom is 0.193 e. The molecule has 3 saturated carbocycles. The van der Waals surface area contributed by atoms with Gasteiger partial charge in [0.2, 0.25) is 0 Å². The van der Waals surface area contributed by atoms with Crippen LogP contribution < -0.4 is 0 Å². The Labute approximate surface area is 149 Å². The topological polar surface area (TPSA) is 66.9 Å². The third-order valence-electron chi connectivity index (χ3n) is 8.95. The van der Waals surface area contributed by atoms with E-state index in [2.05, 4.69) is 13.8 Å². The first-order valence-corrected chi connectivity index (χ1v) is 9.93. The van der Waals surface area contributed by atoms with Gasteiger partial charge in [-0.2, -0.15) is 0 Å². The van der Waals surface area contributed by atoms with E-state index in [1.165, 1.54) is 5.57 Å². The molecule has 0 spiro atoms. The number of rotatable bonds is 2. The molecule has 136 valence electrons. The number of Topliss-reactive ketones (excluding diaryl/α,β-unsaturated/α-hetero) is 1. The van der Waals surface area contributed by atoms with Crippen molar-refractivity contribution < 1.29 is 19.4 Å². The first-order valence-electron chi connectivity index (χ1n) is 9.93. The Morgan fingerprint density at radius 3 is 2.80 bits per heavy atom. The Hall–Kier alpha value is -1.00. The molecule has 5 aliphatic rings. The van der Waals surface area contributed by atoms with E-state index >= 15 is 0 Å². The van der Waals surface area contributed by atoms with Gasteiger partial charge < -0.3 is 9.84 Å². The SMILES string of the molecule is C[C@]12CCC(=O)C=C1CC[C@@H]1[C@@H]2CC[C@@]2(C)[C@H]1C[C@H]1O[C@]12C(=O)CO. The van der Waals surface area contributed by atoms with Crippen molar-refractivity contribution in [3.63, 3.8) is 0 Å². The highest BCUT2D eigenvalue weighted by Crippen LogP contribution is 2.73. The summed E-state index contributed by atoms with van der Waals surface area (Å²) in [5.41, 5.74) is 0.728. The van der Waals surface area contributed by atoms with Crippen LogP contribution in [0.5, 0.6) is 0 Å². The zero-order valence-corrected chi connectivity index (χ0v) is 15.2. The molecule has 4 nitrogen and oxygen atoms in total. The normalized spacial score (nSPS) is 53.2. The van der Waals surface area contributed by atoms with Crippen molar-refractivity contribution in [3.05, 3.63) is 11.6 Å². The number of ether oxygens (including phenoxy) is 1. The first-order chi connectivity index (χ1) is 11.9. The zero-order valence-electron chi connectivity index (χ0n) is 15.2. The van der Waals surface area contributed by atoms with Gasteiger partial charge in [-0.15, -0.1) is 0 Å². The second-order valence-corrected chi connectivity index (χ2v) is 9.58. The highest BCUT2D eigenvalue weighted by atomic mass is 16.6. The number of carbonyl (C=O) groups excluding carboxylic acids is 2. The molecular weight excluding hydrogens is 316 g/mol. The zero-order chi connectivity index (χ0) is 17.6. The van der Waals surface area contributed by atoms with Gasteiger partial charge in [-0.05, 0) is 67.8 Å². The van der Waals surface area contributed by atoms with Gasteiger partial charge in [0.1, 0.15) is 6.61 Å². The quantitative estimate of drug-likeness (QED) is 0.782. The van der Waals surface area contributed by atoms with Gasteiger partial charge in [-0.25, -0.2) is 0 Å². The molecule has 1 heterocycles. The molecule has 1 aliphatic heterocycles. The summed E-state index contributed by atoms with van der Waals surface area (Å²) in [4.78, 5) is 24.4. The molecule has 25 heavy (non-hydrogen) atoms. The summed E-state index contributed by atoms with van der Waals surface area (Å²) >= 11 is 0. The fourth-order valence-corrected chi connectivity index (χ4v) is 7.59. The van der Waals surface area contributed by atoms with Crippen molar-refractivity contribution in [2.75, 3.05) is 6.61 Å². The minimum Gasteiger partial charge on any atom is -0.388 e. The summed E-state index contributed by atoms with van der Waals surface area (Å²) in [6.45, 7) is 4.22. The van der Waals surface area contributed by atoms with Gasteiger partial charge in [0.05, 0.1) is 6.10 Å². The number of ketones is 2. The lowest BCUT2D eigenvalue weighted by Gasteiger charge is -2.58. The van der Waals surface area contributed by atoms with Gasteiger partial charge in [-0.1, -0.05) is 19.4 Å². The van der Waals surface area contributed by atoms with E-state index in [4.69, 9.17) is 4.74 Å². The van der Waals surface area contributed by atoms with Crippen LogP contribution in [0.3, 0.4) is 0 Å². The molecule has 4 heteroatoms. The fourth-order valence-electron chi connectivity index (χ4n) is 7.59. The van der Waals surface area contributed by atoms with Crippen LogP contribution in [0.4, 0.5) is 0 Å². The highest BCUT2D eigenvalue weighted by Gasteiger charge is 2.79. The molecule has 1 N–H and O–H groups in total. The van der Waals surface area contributed by atoms with Crippen molar-refractivity contribution in [1.29, 1.82) is 0 Å². The Morgan fingerprint density at radius 1 is 1.24 bits per heavy atom. The average Bonchev–Trinajstić information content (AvgIpc) is 3.27. The first kappa shape index (κ1) is 16.2. The summed E-state index contributed by atoms with van der Waals surface area (Å²) in [6, 6.07) is 0. The molecular formula is C21H28O4. The Kier molecular flexibility index (Phi) is 3.13. The van der Waals surface area contributed by atoms with Gasteiger partial charge in [-0.3, -0.25) is 9.59 Å². The van der Waals surface area contributed by atoms with Crippen LogP contribution >= 0.6 is 0 Å². The number of allylic oxidation sites excluding steroid dienone is 1. The fraction of sp³-hybridized carbons (Fsp3) is 0.810. The minimum absolute atomic E-state index is 0.0265. The lowest BCUT2D eigenvalue weighted by atomic mass is 9.46. The third-order valence-corrected chi connectivity index (χ3v) is 8.95. The van der Waals surface area contributed by atoms with E-state index in [-0.39, 0.29) is 22.7 Å². The number of fused-ring (bicyclic) bond motifs is 7. The van der Waals surface area contributed by atoms with Crippen molar-refractivity contribution in [1.82, 2.24) is 0 Å². The highest BCUT2D eigenvalue weighted by molar-refractivity contribution is 5.93. The van der Waals surface area contributed by atoms with Gasteiger partial charge >= 0.3 is 0 Å². The molecule has 1 saturated heterocycles. The monoisotopic (exact) mass is 344 g/mol. The standard InChI is InChI=1S/C21H28O4/c1-19-7-5-13(23)9-12(19)3-4-14-15(19)6-8-20(2)16(14)10-18-21(20,25-18)17(24)11-22/h9,14-16,18,22H,3-8,10-11H2,1-2H3/t14-,15+,16+,18-,19+,20+,21-/m1/s1. The van der Waals surface area contributed by atoms with E-state index in [1.54, 1.807) is 0 Å². The second-order valence-electron chi connectivity index (χ2n) is 9.58. The lowest BCUT2D eigenvalue weighted by molar-refractivity contribution is -0.141. The third kappa shape index (κ3) is 1.76. The van der Waals surface area contributed by atoms with Crippen LogP contribution in [0.1, 0.15) is 58.8 Å². The lowest BCUT2D eigenvalue weighted by Crippen LogP contribution is -2.55. The molecule has 5 rings (SSSR count). The largest absolute Gasteiger partial charge is 0.388 e. The maximum absolute atomic E-state index is 12.5. The predicted octanol–water partition coefficient (Wildman–Crippen LogP) is 2.83. The van der Waals surface area contributed by atoms with E-state index in [9.17, 15) is 14.7 Å². The molecule has 0 aromatic carbocycles. The summed E-state index contributed by atoms with van der Waals surface area (Å²) in [6.07, 6.45) is 8.88. The molecule has 4 aliphatic carbocycles. The summed E-state index contributed by atoms with van der Waals surface area (Å²) in [5.74, 6) is 1.95. The average molecular weight is 344 g/mol. The van der Waals surface area contributed by atoms with Crippen molar-refractivity contribution >= 4 is 11.6 Å². The molecule has 0 radical (unpaired) electrons. The Balaban J connectivity index is 1.50. The molecule has 0 unspecified atom stereocenters. The van der Waals surface area contributed by atoms with Gasteiger partial charge in [0, 0.05) is 11.8 Å². The summed E-state index contributed by atoms with van der Waals surface area (Å²) in [7, 11) is 0. The molecule has 0 aromatic heterocycles. The molecule has 7 atom stereocenters. The second kappa shape index (κ2) is 4.83. The van der Waals surface area contributed by atoms with Gasteiger partial charge in [0.25, 0.3) is 0 Å². The molecule has 0 aromatic rings. The van der Waals surface area contributed by atoms with Crippen LogP contribution in [0.2, 0.25) is 0 Å². The minimum atomic E-state index is -0.697. The summed E-state index contributed by atoms with van der Waals surface area (Å²) in [5, 5.41) is 9.48. The number of epoxide rings is 1. The number of aliphatic hydroxyl groups excluding tert-OH is 1. The molecule has 4 fully saturated rings. The smallest absolute Gasteiger partial charge is 0.193 e. The van der Waals surface area contributed by atoms with Gasteiger partial charge in [0.15, 0.2) is 17.2 Å². The number of aliphatic hydroxyl groups is 1. The predicted molar refractivity (Wildman–Crippen MR) is 91.8 cm³/mol. The van der Waals surface area contributed by atoms with E-state index in [0.29, 0.717) is 30.0 Å². The van der Waals surface area contributed by atoms with Crippen LogP contribution in [-0.4, -0.2) is 35.0 Å². The van der Waals surface area contributed by atoms with Crippen molar-refractivity contribution in [2.24, 2.45) is 28.6 Å². The van der Waals surface area contributed by atoms with E-state index in [1.807, 2.05) is 6.08 Å². The van der Waals surface area contributed by atoms with Crippen LogP contribution in [0.25, 0.3) is 0 Å². The van der Waals surface area contributed by atoms with Crippen LogP contribution in [-0.2, 0) is 14.3 Å². The van der Waals surface area contributed by atoms with E-state index in [0.717, 1.165) is 38.5 Å². The van der Waals surface area contributed by atoms with Crippen molar-refractivity contribution in [2.45, 2.75) is 70.5 Å². The maximum atomic E-state index is 12.5. The molecule has 0 amide bonds. The molecule has 0 bridgehead atoms. The Morgan fingerprint density at radius 2 is 2.04 bits per heavy atom. The summed E-state index contributed by atoms with van der Waals surface area (Å²) < 4.78 is 5.93. The van der Waals surface area contributed by atoms with E-state index < -0.39 is 12.2 Å². The van der Waals surface area contributed by atoms with Crippen LogP contribution in [0.15, 0.2) is 11.6 Å².